The van der Waals surface area contributed by atoms with Crippen molar-refractivity contribution in [3.8, 4) is 11.4 Å². The Morgan fingerprint density at radius 1 is 0.793 bits per heavy atom. The zero-order valence-electron chi connectivity index (χ0n) is 15.7. The minimum Gasteiger partial charge on any atom is -0.420 e. The van der Waals surface area contributed by atoms with Gasteiger partial charge in [-0.1, -0.05) is 36.4 Å². The molecule has 0 aliphatic carbocycles. The molecule has 7 heteroatoms. The van der Waals surface area contributed by atoms with Gasteiger partial charge in [0.2, 0.25) is 5.75 Å². The fourth-order valence-electron chi connectivity index (χ4n) is 3.49. The number of carbonyl (C=O) groups excluding carboxylic acids is 3. The first-order valence-corrected chi connectivity index (χ1v) is 8.89. The Hall–Kier alpha value is -4.00. The van der Waals surface area contributed by atoms with E-state index < -0.39 is 29.1 Å². The maximum absolute atomic E-state index is 13.2. The average molecular weight is 388 g/mol. The molecular weight excluding hydrogens is 372 g/mol. The first-order valence-electron chi connectivity index (χ1n) is 8.89. The molecule has 0 fully saturated rings. The SMILES string of the molecule is CC(=O)Oc1c2c(c(C)n(-c3ccccc3)c1=O)C(=O)N(c1ccccc1)C2=O. The third-order valence-electron chi connectivity index (χ3n) is 4.68. The van der Waals surface area contributed by atoms with Gasteiger partial charge in [0.15, 0.2) is 0 Å². The fourth-order valence-corrected chi connectivity index (χ4v) is 3.49. The zero-order valence-corrected chi connectivity index (χ0v) is 15.7. The van der Waals surface area contributed by atoms with Crippen molar-refractivity contribution in [1.29, 1.82) is 0 Å². The molecular formula is C22H16N2O5. The van der Waals surface area contributed by atoms with E-state index in [1.165, 1.54) is 4.57 Å². The number of fused-ring (bicyclic) bond motifs is 1. The molecule has 7 nitrogen and oxygen atoms in total. The molecule has 1 aromatic heterocycles. The van der Waals surface area contributed by atoms with E-state index >= 15 is 0 Å². The van der Waals surface area contributed by atoms with Crippen molar-refractivity contribution in [3.63, 3.8) is 0 Å². The highest BCUT2D eigenvalue weighted by Crippen LogP contribution is 2.34. The van der Waals surface area contributed by atoms with Crippen molar-refractivity contribution in [2.75, 3.05) is 4.90 Å². The quantitative estimate of drug-likeness (QED) is 0.509. The topological polar surface area (TPSA) is 85.7 Å². The molecule has 0 N–H and O–H groups in total. The second-order valence-electron chi connectivity index (χ2n) is 6.52. The number of anilines is 1. The number of para-hydroxylation sites is 2. The van der Waals surface area contributed by atoms with E-state index in [0.717, 1.165) is 11.8 Å². The molecule has 0 atom stereocenters. The lowest BCUT2D eigenvalue weighted by Gasteiger charge is -2.15. The van der Waals surface area contributed by atoms with Gasteiger partial charge in [0.05, 0.1) is 11.3 Å². The predicted octanol–water partition coefficient (Wildman–Crippen LogP) is 2.87. The zero-order chi connectivity index (χ0) is 20.7. The van der Waals surface area contributed by atoms with Gasteiger partial charge < -0.3 is 4.74 Å². The molecule has 4 rings (SSSR count). The van der Waals surface area contributed by atoms with Crippen LogP contribution in [0.4, 0.5) is 5.69 Å². The van der Waals surface area contributed by atoms with Gasteiger partial charge in [0.1, 0.15) is 5.56 Å². The molecule has 2 heterocycles. The number of hydrogen-bond acceptors (Lipinski definition) is 5. The average Bonchev–Trinajstić information content (AvgIpc) is 2.97. The van der Waals surface area contributed by atoms with Crippen molar-refractivity contribution in [1.82, 2.24) is 4.57 Å². The van der Waals surface area contributed by atoms with Crippen molar-refractivity contribution in [3.05, 3.63) is 87.8 Å². The highest BCUT2D eigenvalue weighted by Gasteiger charge is 2.43. The van der Waals surface area contributed by atoms with Gasteiger partial charge >= 0.3 is 5.97 Å². The van der Waals surface area contributed by atoms with E-state index in [2.05, 4.69) is 0 Å². The summed E-state index contributed by atoms with van der Waals surface area (Å²) in [4.78, 5) is 52.2. The summed E-state index contributed by atoms with van der Waals surface area (Å²) in [6, 6.07) is 17.0. The van der Waals surface area contributed by atoms with Gasteiger partial charge in [-0.05, 0) is 31.2 Å². The Kier molecular flexibility index (Phi) is 4.35. The molecule has 0 spiro atoms. The lowest BCUT2D eigenvalue weighted by atomic mass is 10.1. The standard InChI is InChI=1S/C22H16N2O5/c1-13-17-18(21(27)24(20(17)26)16-11-7-4-8-12-16)19(29-14(2)25)22(28)23(13)15-9-5-3-6-10-15/h3-12H,1-2H3. The monoisotopic (exact) mass is 388 g/mol. The maximum Gasteiger partial charge on any atom is 0.308 e. The third kappa shape index (κ3) is 2.84. The predicted molar refractivity (Wildman–Crippen MR) is 106 cm³/mol. The minimum atomic E-state index is -0.758. The number of benzene rings is 2. The van der Waals surface area contributed by atoms with Crippen LogP contribution in [-0.2, 0) is 4.79 Å². The van der Waals surface area contributed by atoms with E-state index in [0.29, 0.717) is 17.1 Å². The summed E-state index contributed by atoms with van der Waals surface area (Å²) in [6.07, 6.45) is 0. The number of esters is 1. The van der Waals surface area contributed by atoms with E-state index in [4.69, 9.17) is 4.74 Å². The van der Waals surface area contributed by atoms with E-state index in [9.17, 15) is 19.2 Å². The Balaban J connectivity index is 2.04. The third-order valence-corrected chi connectivity index (χ3v) is 4.68. The molecule has 0 radical (unpaired) electrons. The summed E-state index contributed by atoms with van der Waals surface area (Å²) in [7, 11) is 0. The van der Waals surface area contributed by atoms with Crippen LogP contribution in [0.5, 0.6) is 5.75 Å². The number of pyridine rings is 1. The van der Waals surface area contributed by atoms with Gasteiger partial charge in [0, 0.05) is 18.3 Å². The number of amides is 2. The number of aromatic nitrogens is 1. The molecule has 1 aliphatic rings. The number of imide groups is 1. The van der Waals surface area contributed by atoms with Crippen LogP contribution < -0.4 is 15.2 Å². The second kappa shape index (κ2) is 6.87. The lowest BCUT2D eigenvalue weighted by Crippen LogP contribution is -2.29. The Labute approximate surface area is 165 Å². The van der Waals surface area contributed by atoms with Crippen molar-refractivity contribution < 1.29 is 19.1 Å². The number of carbonyl (C=O) groups is 3. The second-order valence-corrected chi connectivity index (χ2v) is 6.52. The van der Waals surface area contributed by atoms with Crippen LogP contribution in [-0.4, -0.2) is 22.4 Å². The molecule has 144 valence electrons. The number of hydrogen-bond donors (Lipinski definition) is 0. The molecule has 3 aromatic rings. The molecule has 0 saturated carbocycles. The van der Waals surface area contributed by atoms with Gasteiger partial charge in [-0.25, -0.2) is 4.90 Å². The largest absolute Gasteiger partial charge is 0.420 e. The number of ether oxygens (including phenoxy) is 1. The number of nitrogens with zero attached hydrogens (tertiary/aromatic N) is 2. The molecule has 29 heavy (non-hydrogen) atoms. The van der Waals surface area contributed by atoms with Crippen molar-refractivity contribution in [2.24, 2.45) is 0 Å². The lowest BCUT2D eigenvalue weighted by molar-refractivity contribution is -0.132. The van der Waals surface area contributed by atoms with Crippen molar-refractivity contribution in [2.45, 2.75) is 13.8 Å². The van der Waals surface area contributed by atoms with Gasteiger partial charge in [0.25, 0.3) is 17.4 Å². The van der Waals surface area contributed by atoms with Gasteiger partial charge in [-0.15, -0.1) is 0 Å². The summed E-state index contributed by atoms with van der Waals surface area (Å²) in [6.45, 7) is 2.72. The van der Waals surface area contributed by atoms with Crippen LogP contribution in [0.15, 0.2) is 65.5 Å². The Bertz CT molecular complexity index is 1210. The van der Waals surface area contributed by atoms with E-state index in [1.807, 2.05) is 0 Å². The van der Waals surface area contributed by atoms with Gasteiger partial charge in [-0.2, -0.15) is 0 Å². The Morgan fingerprint density at radius 2 is 1.31 bits per heavy atom. The van der Waals surface area contributed by atoms with Crippen molar-refractivity contribution >= 4 is 23.5 Å². The highest BCUT2D eigenvalue weighted by atomic mass is 16.5. The molecule has 0 unspecified atom stereocenters. The number of rotatable bonds is 3. The Morgan fingerprint density at radius 3 is 1.86 bits per heavy atom. The first-order chi connectivity index (χ1) is 13.9. The van der Waals surface area contributed by atoms with E-state index in [-0.39, 0.29) is 11.1 Å². The van der Waals surface area contributed by atoms with Crippen LogP contribution in [0.2, 0.25) is 0 Å². The summed E-state index contributed by atoms with van der Waals surface area (Å²) in [5.41, 5.74) is 0.320. The van der Waals surface area contributed by atoms with E-state index in [1.54, 1.807) is 67.6 Å². The maximum atomic E-state index is 13.2. The van der Waals surface area contributed by atoms with Crippen LogP contribution >= 0.6 is 0 Å². The van der Waals surface area contributed by atoms with Crippen LogP contribution in [0.3, 0.4) is 0 Å². The summed E-state index contributed by atoms with van der Waals surface area (Å²) in [5, 5.41) is 0. The summed E-state index contributed by atoms with van der Waals surface area (Å²) in [5.74, 6) is -2.48. The molecule has 2 aromatic carbocycles. The molecule has 0 saturated heterocycles. The van der Waals surface area contributed by atoms with Crippen LogP contribution in [0.25, 0.3) is 5.69 Å². The normalized spacial score (nSPS) is 12.8. The summed E-state index contributed by atoms with van der Waals surface area (Å²) < 4.78 is 6.41. The van der Waals surface area contributed by atoms with Crippen LogP contribution in [0.1, 0.15) is 33.3 Å². The minimum absolute atomic E-state index is 0.0403. The molecule has 0 bridgehead atoms. The highest BCUT2D eigenvalue weighted by molar-refractivity contribution is 6.35. The smallest absolute Gasteiger partial charge is 0.308 e. The van der Waals surface area contributed by atoms with Crippen LogP contribution in [0, 0.1) is 6.92 Å². The first kappa shape index (κ1) is 18.4. The summed E-state index contributed by atoms with van der Waals surface area (Å²) >= 11 is 0. The van der Waals surface area contributed by atoms with Gasteiger partial charge in [-0.3, -0.25) is 23.7 Å². The molecule has 2 amide bonds. The fraction of sp³-hybridized carbons (Fsp3) is 0.0909. The molecule has 1 aliphatic heterocycles.